The van der Waals surface area contributed by atoms with Crippen LogP contribution >= 0.6 is 11.3 Å². The summed E-state index contributed by atoms with van der Waals surface area (Å²) in [5.74, 6) is 0. The second-order valence-corrected chi connectivity index (χ2v) is 6.79. The molecule has 3 aromatic heterocycles. The third kappa shape index (κ3) is 2.35. The van der Waals surface area contributed by atoms with Gasteiger partial charge in [0, 0.05) is 28.6 Å². The molecular formula is C18H11N5O2S. The Balaban J connectivity index is 1.52. The van der Waals surface area contributed by atoms with Gasteiger partial charge in [0.25, 0.3) is 5.69 Å². The van der Waals surface area contributed by atoms with Crippen molar-refractivity contribution in [3.05, 3.63) is 70.9 Å². The first kappa shape index (κ1) is 14.8. The minimum absolute atomic E-state index is 0.0639. The van der Waals surface area contributed by atoms with E-state index >= 15 is 0 Å². The van der Waals surface area contributed by atoms with Crippen LogP contribution in [0.2, 0.25) is 0 Å². The SMILES string of the molecule is O=[N+]([O-])c1ccc(-c2cn3nc(-c4cc5ccccc5[nH]4)sc3n2)cc1. The lowest BCUT2D eigenvalue weighted by Gasteiger charge is -1.95. The Morgan fingerprint density at radius 1 is 1.12 bits per heavy atom. The third-order valence-corrected chi connectivity index (χ3v) is 5.13. The van der Waals surface area contributed by atoms with Crippen LogP contribution < -0.4 is 0 Å². The van der Waals surface area contributed by atoms with Crippen LogP contribution in [0.4, 0.5) is 5.69 Å². The molecule has 0 aliphatic heterocycles. The highest BCUT2D eigenvalue weighted by atomic mass is 32.1. The Kier molecular flexibility index (Phi) is 3.13. The van der Waals surface area contributed by atoms with Crippen molar-refractivity contribution in [1.29, 1.82) is 0 Å². The van der Waals surface area contributed by atoms with Crippen molar-refractivity contribution in [1.82, 2.24) is 19.6 Å². The highest BCUT2D eigenvalue weighted by molar-refractivity contribution is 7.19. The number of nitro benzene ring substituents is 1. The molecule has 0 amide bonds. The van der Waals surface area contributed by atoms with E-state index in [1.165, 1.54) is 23.5 Å². The molecule has 5 rings (SSSR count). The van der Waals surface area contributed by atoms with Crippen LogP contribution in [0, 0.1) is 10.1 Å². The Hall–Kier alpha value is -3.52. The van der Waals surface area contributed by atoms with Crippen molar-refractivity contribution >= 4 is 32.9 Å². The normalized spacial score (nSPS) is 11.4. The molecule has 0 bridgehead atoms. The predicted octanol–water partition coefficient (Wildman–Crippen LogP) is 4.51. The van der Waals surface area contributed by atoms with Gasteiger partial charge in [-0.15, -0.1) is 0 Å². The van der Waals surface area contributed by atoms with Gasteiger partial charge < -0.3 is 4.98 Å². The molecule has 3 heterocycles. The maximum absolute atomic E-state index is 10.8. The van der Waals surface area contributed by atoms with Crippen LogP contribution in [0.3, 0.4) is 0 Å². The molecule has 0 aliphatic carbocycles. The maximum atomic E-state index is 10.8. The number of rotatable bonds is 3. The fraction of sp³-hybridized carbons (Fsp3) is 0. The number of imidazole rings is 1. The molecular weight excluding hydrogens is 350 g/mol. The topological polar surface area (TPSA) is 89.1 Å². The first-order valence-electron chi connectivity index (χ1n) is 7.86. The van der Waals surface area contributed by atoms with Gasteiger partial charge in [-0.2, -0.15) is 5.10 Å². The molecule has 0 spiro atoms. The highest BCUT2D eigenvalue weighted by Crippen LogP contribution is 2.30. The lowest BCUT2D eigenvalue weighted by atomic mass is 10.1. The summed E-state index contributed by atoms with van der Waals surface area (Å²) in [5.41, 5.74) is 3.65. The number of nitro groups is 1. The Bertz CT molecular complexity index is 1200. The van der Waals surface area contributed by atoms with E-state index in [4.69, 9.17) is 0 Å². The number of nitrogens with zero attached hydrogens (tertiary/aromatic N) is 4. The first-order chi connectivity index (χ1) is 12.7. The number of hydrogen-bond donors (Lipinski definition) is 1. The van der Waals surface area contributed by atoms with Crippen LogP contribution in [0.5, 0.6) is 0 Å². The summed E-state index contributed by atoms with van der Waals surface area (Å²) in [4.78, 5) is 19.1. The molecule has 0 aliphatic rings. The average Bonchev–Trinajstić information content (AvgIpc) is 3.33. The van der Waals surface area contributed by atoms with Gasteiger partial charge in [0.1, 0.15) is 0 Å². The van der Waals surface area contributed by atoms with E-state index in [1.807, 2.05) is 24.4 Å². The van der Waals surface area contributed by atoms with E-state index in [9.17, 15) is 10.1 Å². The maximum Gasteiger partial charge on any atom is 0.269 e. The number of H-pyrrole nitrogens is 1. The van der Waals surface area contributed by atoms with Crippen molar-refractivity contribution in [3.63, 3.8) is 0 Å². The lowest BCUT2D eigenvalue weighted by Crippen LogP contribution is -1.87. The van der Waals surface area contributed by atoms with E-state index in [2.05, 4.69) is 27.2 Å². The Morgan fingerprint density at radius 3 is 2.65 bits per heavy atom. The summed E-state index contributed by atoms with van der Waals surface area (Å²) >= 11 is 1.49. The van der Waals surface area contributed by atoms with Gasteiger partial charge in [-0.3, -0.25) is 10.1 Å². The number of benzene rings is 2. The Labute approximate surface area is 150 Å². The summed E-state index contributed by atoms with van der Waals surface area (Å²) in [6, 6.07) is 16.5. The number of fused-ring (bicyclic) bond motifs is 2. The van der Waals surface area contributed by atoms with Crippen LogP contribution in [0.25, 0.3) is 37.8 Å². The highest BCUT2D eigenvalue weighted by Gasteiger charge is 2.13. The zero-order valence-electron chi connectivity index (χ0n) is 13.3. The molecule has 1 N–H and O–H groups in total. The van der Waals surface area contributed by atoms with Gasteiger partial charge in [-0.25, -0.2) is 9.50 Å². The molecule has 0 atom stereocenters. The molecule has 126 valence electrons. The number of aromatic amines is 1. The predicted molar refractivity (Wildman–Crippen MR) is 100 cm³/mol. The van der Waals surface area contributed by atoms with Gasteiger partial charge in [-0.1, -0.05) is 29.5 Å². The molecule has 26 heavy (non-hydrogen) atoms. The van der Waals surface area contributed by atoms with Crippen LogP contribution in [0.15, 0.2) is 60.8 Å². The minimum Gasteiger partial charge on any atom is -0.353 e. The second kappa shape index (κ2) is 5.50. The van der Waals surface area contributed by atoms with E-state index in [0.29, 0.717) is 0 Å². The number of nitrogens with one attached hydrogen (secondary N) is 1. The molecule has 2 aromatic carbocycles. The van der Waals surface area contributed by atoms with Gasteiger partial charge in [-0.05, 0) is 24.3 Å². The lowest BCUT2D eigenvalue weighted by molar-refractivity contribution is -0.384. The fourth-order valence-electron chi connectivity index (χ4n) is 2.89. The number of aromatic nitrogens is 4. The summed E-state index contributed by atoms with van der Waals surface area (Å²) in [7, 11) is 0. The molecule has 0 saturated carbocycles. The standard InChI is InChI=1S/C18H11N5O2S/c24-23(25)13-7-5-11(6-8-13)16-10-22-18(20-16)26-17(21-22)15-9-12-3-1-2-4-14(12)19-15/h1-10,19H. The van der Waals surface area contributed by atoms with Gasteiger partial charge in [0.05, 0.1) is 22.5 Å². The first-order valence-corrected chi connectivity index (χ1v) is 8.68. The fourth-order valence-corrected chi connectivity index (χ4v) is 3.74. The largest absolute Gasteiger partial charge is 0.353 e. The molecule has 7 nitrogen and oxygen atoms in total. The molecule has 5 aromatic rings. The quantitative estimate of drug-likeness (QED) is 0.378. The zero-order valence-corrected chi connectivity index (χ0v) is 14.1. The average molecular weight is 361 g/mol. The summed E-state index contributed by atoms with van der Waals surface area (Å²) in [6.45, 7) is 0. The Morgan fingerprint density at radius 2 is 1.92 bits per heavy atom. The van der Waals surface area contributed by atoms with Crippen LogP contribution in [-0.2, 0) is 0 Å². The molecule has 8 heteroatoms. The zero-order chi connectivity index (χ0) is 17.7. The van der Waals surface area contributed by atoms with Crippen molar-refractivity contribution in [3.8, 4) is 22.0 Å². The van der Waals surface area contributed by atoms with Crippen molar-refractivity contribution in [2.45, 2.75) is 0 Å². The van der Waals surface area contributed by atoms with Crippen molar-refractivity contribution < 1.29 is 4.92 Å². The van der Waals surface area contributed by atoms with E-state index in [-0.39, 0.29) is 5.69 Å². The van der Waals surface area contributed by atoms with Gasteiger partial charge in [0.2, 0.25) is 4.96 Å². The van der Waals surface area contributed by atoms with Crippen molar-refractivity contribution in [2.24, 2.45) is 0 Å². The monoisotopic (exact) mass is 361 g/mol. The minimum atomic E-state index is -0.413. The summed E-state index contributed by atoms with van der Waals surface area (Å²) in [5, 5.41) is 17.4. The van der Waals surface area contributed by atoms with Crippen LogP contribution in [-0.4, -0.2) is 24.5 Å². The molecule has 0 unspecified atom stereocenters. The summed E-state index contributed by atoms with van der Waals surface area (Å²) in [6.07, 6.45) is 1.83. The van der Waals surface area contributed by atoms with Crippen molar-refractivity contribution in [2.75, 3.05) is 0 Å². The van der Waals surface area contributed by atoms with E-state index in [0.717, 1.165) is 37.8 Å². The van der Waals surface area contributed by atoms with E-state index < -0.39 is 4.92 Å². The van der Waals surface area contributed by atoms with E-state index in [1.54, 1.807) is 16.6 Å². The third-order valence-electron chi connectivity index (χ3n) is 4.18. The van der Waals surface area contributed by atoms with Crippen LogP contribution in [0.1, 0.15) is 0 Å². The molecule has 0 radical (unpaired) electrons. The number of hydrogen-bond acceptors (Lipinski definition) is 5. The van der Waals surface area contributed by atoms with Gasteiger partial charge >= 0.3 is 0 Å². The number of non-ortho nitro benzene ring substituents is 1. The molecule has 0 fully saturated rings. The second-order valence-electron chi connectivity index (χ2n) is 5.83. The van der Waals surface area contributed by atoms with Gasteiger partial charge in [0.15, 0.2) is 5.01 Å². The smallest absolute Gasteiger partial charge is 0.269 e. The molecule has 0 saturated heterocycles. The summed E-state index contributed by atoms with van der Waals surface area (Å²) < 4.78 is 1.74. The number of para-hydroxylation sites is 1.